The third-order valence-electron chi connectivity index (χ3n) is 6.31. The molecule has 1 aromatic heterocycles. The fraction of sp³-hybridized carbons (Fsp3) is 0.360. The molecule has 3 heterocycles. The standard InChI is InChI=1S/C25H26ClN5O4/c1-2-34-21-6-4-3-5-19(21)24(32)29-11-13-30(14-12-29)25(33)23-20-16-35-22(15-31(20)28-27-23)17-7-9-18(26)10-8-17/h3-10,22H,2,11-16H2,1H3/t22-/m0/s1. The first-order valence-electron chi connectivity index (χ1n) is 11.6. The van der Waals surface area contributed by atoms with Crippen LogP contribution in [0.25, 0.3) is 0 Å². The lowest BCUT2D eigenvalue weighted by atomic mass is 10.1. The fourth-order valence-corrected chi connectivity index (χ4v) is 4.54. The van der Waals surface area contributed by atoms with Crippen LogP contribution >= 0.6 is 11.6 Å². The van der Waals surface area contributed by atoms with E-state index < -0.39 is 0 Å². The number of hydrogen-bond donors (Lipinski definition) is 0. The van der Waals surface area contributed by atoms with Crippen LogP contribution in [0.3, 0.4) is 0 Å². The van der Waals surface area contributed by atoms with E-state index in [1.54, 1.807) is 26.6 Å². The summed E-state index contributed by atoms with van der Waals surface area (Å²) in [6.45, 7) is 4.79. The third-order valence-corrected chi connectivity index (χ3v) is 6.57. The maximum absolute atomic E-state index is 13.2. The Balaban J connectivity index is 1.22. The number of benzene rings is 2. The van der Waals surface area contributed by atoms with Crippen molar-refractivity contribution >= 4 is 23.4 Å². The summed E-state index contributed by atoms with van der Waals surface area (Å²) in [7, 11) is 0. The molecule has 0 bridgehead atoms. The van der Waals surface area contributed by atoms with Gasteiger partial charge in [0.1, 0.15) is 11.9 Å². The zero-order valence-electron chi connectivity index (χ0n) is 19.4. The maximum atomic E-state index is 13.2. The van der Waals surface area contributed by atoms with Crippen molar-refractivity contribution in [3.8, 4) is 5.75 Å². The average Bonchev–Trinajstić information content (AvgIpc) is 3.32. The largest absolute Gasteiger partial charge is 0.493 e. The monoisotopic (exact) mass is 495 g/mol. The van der Waals surface area contributed by atoms with Gasteiger partial charge in [-0.25, -0.2) is 4.68 Å². The Kier molecular flexibility index (Phi) is 6.70. The molecule has 182 valence electrons. The Hall–Kier alpha value is -3.43. The van der Waals surface area contributed by atoms with E-state index in [-0.39, 0.29) is 24.5 Å². The Morgan fingerprint density at radius 1 is 1.03 bits per heavy atom. The number of para-hydroxylation sites is 1. The van der Waals surface area contributed by atoms with Gasteiger partial charge in [-0.2, -0.15) is 0 Å². The van der Waals surface area contributed by atoms with Gasteiger partial charge in [0.25, 0.3) is 11.8 Å². The number of hydrogen-bond acceptors (Lipinski definition) is 6. The highest BCUT2D eigenvalue weighted by Gasteiger charge is 2.32. The summed E-state index contributed by atoms with van der Waals surface area (Å²) >= 11 is 5.98. The molecule has 0 spiro atoms. The van der Waals surface area contributed by atoms with Crippen molar-refractivity contribution < 1.29 is 19.1 Å². The number of fused-ring (bicyclic) bond motifs is 1. The van der Waals surface area contributed by atoms with Gasteiger partial charge in [-0.3, -0.25) is 9.59 Å². The number of ether oxygens (including phenoxy) is 2. The molecule has 2 aliphatic heterocycles. The molecule has 3 aromatic rings. The molecule has 0 radical (unpaired) electrons. The molecule has 2 aromatic carbocycles. The van der Waals surface area contributed by atoms with Crippen LogP contribution in [0, 0.1) is 0 Å². The summed E-state index contributed by atoms with van der Waals surface area (Å²) in [6.07, 6.45) is -0.182. The van der Waals surface area contributed by atoms with Gasteiger partial charge in [0, 0.05) is 31.2 Å². The molecule has 9 nitrogen and oxygen atoms in total. The first kappa shape index (κ1) is 23.3. The van der Waals surface area contributed by atoms with Crippen LogP contribution in [-0.4, -0.2) is 69.4 Å². The molecule has 5 rings (SSSR count). The Morgan fingerprint density at radius 2 is 1.71 bits per heavy atom. The quantitative estimate of drug-likeness (QED) is 0.540. The van der Waals surface area contributed by atoms with E-state index in [4.69, 9.17) is 21.1 Å². The molecule has 0 unspecified atom stereocenters. The number of nitrogens with zero attached hydrogens (tertiary/aromatic N) is 5. The minimum Gasteiger partial charge on any atom is -0.493 e. The van der Waals surface area contributed by atoms with E-state index in [0.717, 1.165) is 5.56 Å². The second-order valence-corrected chi connectivity index (χ2v) is 8.87. The smallest absolute Gasteiger partial charge is 0.276 e. The summed E-state index contributed by atoms with van der Waals surface area (Å²) in [5.41, 5.74) is 2.51. The Morgan fingerprint density at radius 3 is 2.43 bits per heavy atom. The van der Waals surface area contributed by atoms with Gasteiger partial charge >= 0.3 is 0 Å². The average molecular weight is 496 g/mol. The van der Waals surface area contributed by atoms with E-state index in [0.29, 0.717) is 67.1 Å². The van der Waals surface area contributed by atoms with E-state index in [9.17, 15) is 9.59 Å². The van der Waals surface area contributed by atoms with Crippen LogP contribution in [0.1, 0.15) is 45.1 Å². The zero-order chi connectivity index (χ0) is 24.4. The lowest BCUT2D eigenvalue weighted by Crippen LogP contribution is -2.51. The van der Waals surface area contributed by atoms with E-state index in [1.807, 2.05) is 43.3 Å². The second-order valence-electron chi connectivity index (χ2n) is 8.43. The molecule has 0 aliphatic carbocycles. The summed E-state index contributed by atoms with van der Waals surface area (Å²) < 4.78 is 13.4. The number of carbonyl (C=O) groups excluding carboxylic acids is 2. The predicted octanol–water partition coefficient (Wildman–Crippen LogP) is 3.20. The molecule has 2 amide bonds. The Labute approximate surface area is 208 Å². The second kappa shape index (κ2) is 10.1. The van der Waals surface area contributed by atoms with E-state index in [1.165, 1.54) is 0 Å². The van der Waals surface area contributed by atoms with Crippen molar-refractivity contribution in [3.63, 3.8) is 0 Å². The molecule has 1 fully saturated rings. The molecule has 2 aliphatic rings. The highest BCUT2D eigenvalue weighted by atomic mass is 35.5. The predicted molar refractivity (Wildman–Crippen MR) is 128 cm³/mol. The highest BCUT2D eigenvalue weighted by Crippen LogP contribution is 2.28. The lowest BCUT2D eigenvalue weighted by Gasteiger charge is -2.35. The molecular weight excluding hydrogens is 470 g/mol. The molecule has 10 heteroatoms. The number of aromatic nitrogens is 3. The summed E-state index contributed by atoms with van der Waals surface area (Å²) in [5.74, 6) is 0.288. The molecule has 35 heavy (non-hydrogen) atoms. The van der Waals surface area contributed by atoms with Crippen LogP contribution in [0.5, 0.6) is 5.75 Å². The molecule has 0 N–H and O–H groups in total. The molecule has 1 saturated heterocycles. The third kappa shape index (κ3) is 4.74. The Bertz CT molecular complexity index is 1220. The number of carbonyl (C=O) groups is 2. The number of amides is 2. The van der Waals surface area contributed by atoms with Crippen molar-refractivity contribution in [1.29, 1.82) is 0 Å². The molecule has 0 saturated carbocycles. The number of piperazine rings is 1. The first-order valence-corrected chi connectivity index (χ1v) is 12.0. The number of halogens is 1. The molecule has 1 atom stereocenters. The van der Waals surface area contributed by atoms with Gasteiger partial charge in [-0.15, -0.1) is 5.10 Å². The van der Waals surface area contributed by atoms with Crippen molar-refractivity contribution in [3.05, 3.63) is 76.1 Å². The van der Waals surface area contributed by atoms with Crippen molar-refractivity contribution in [2.24, 2.45) is 0 Å². The van der Waals surface area contributed by atoms with Gasteiger partial charge in [0.05, 0.1) is 31.0 Å². The van der Waals surface area contributed by atoms with Crippen LogP contribution in [0.15, 0.2) is 48.5 Å². The lowest BCUT2D eigenvalue weighted by molar-refractivity contribution is -0.00202. The minimum absolute atomic E-state index is 0.0937. The first-order chi connectivity index (χ1) is 17.0. The van der Waals surface area contributed by atoms with Crippen LogP contribution in [-0.2, 0) is 17.9 Å². The van der Waals surface area contributed by atoms with E-state index >= 15 is 0 Å². The van der Waals surface area contributed by atoms with Crippen molar-refractivity contribution in [2.75, 3.05) is 32.8 Å². The van der Waals surface area contributed by atoms with Crippen LogP contribution in [0.4, 0.5) is 0 Å². The minimum atomic E-state index is -0.193. The van der Waals surface area contributed by atoms with Gasteiger partial charge in [-0.05, 0) is 36.8 Å². The number of rotatable bonds is 5. The van der Waals surface area contributed by atoms with Crippen LogP contribution < -0.4 is 4.74 Å². The normalized spacial score (nSPS) is 17.7. The molecular formula is C25H26ClN5O4. The van der Waals surface area contributed by atoms with Crippen molar-refractivity contribution in [1.82, 2.24) is 24.8 Å². The fourth-order valence-electron chi connectivity index (χ4n) is 4.41. The summed E-state index contributed by atoms with van der Waals surface area (Å²) in [6, 6.07) is 14.7. The van der Waals surface area contributed by atoms with Gasteiger partial charge in [-0.1, -0.05) is 41.1 Å². The van der Waals surface area contributed by atoms with Crippen LogP contribution in [0.2, 0.25) is 5.02 Å². The maximum Gasteiger partial charge on any atom is 0.276 e. The summed E-state index contributed by atoms with van der Waals surface area (Å²) in [4.78, 5) is 29.7. The van der Waals surface area contributed by atoms with Gasteiger partial charge in [0.2, 0.25) is 0 Å². The SMILES string of the molecule is CCOc1ccccc1C(=O)N1CCN(C(=O)c2nnn3c2CO[C@H](c2ccc(Cl)cc2)C3)CC1. The topological polar surface area (TPSA) is 89.8 Å². The van der Waals surface area contributed by atoms with Gasteiger partial charge < -0.3 is 19.3 Å². The van der Waals surface area contributed by atoms with Gasteiger partial charge in [0.15, 0.2) is 5.69 Å². The summed E-state index contributed by atoms with van der Waals surface area (Å²) in [5, 5.41) is 9.05. The van der Waals surface area contributed by atoms with E-state index in [2.05, 4.69) is 10.3 Å². The van der Waals surface area contributed by atoms with Crippen molar-refractivity contribution in [2.45, 2.75) is 26.2 Å². The highest BCUT2D eigenvalue weighted by molar-refractivity contribution is 6.30. The zero-order valence-corrected chi connectivity index (χ0v) is 20.1.